The third kappa shape index (κ3) is 3.85. The maximum Gasteiger partial charge on any atom is 0.162 e. The van der Waals surface area contributed by atoms with Gasteiger partial charge in [0.2, 0.25) is 0 Å². The highest BCUT2D eigenvalue weighted by atomic mass is 16.1. The minimum absolute atomic E-state index is 0.148. The predicted molar refractivity (Wildman–Crippen MR) is 90.5 cm³/mol. The van der Waals surface area contributed by atoms with Crippen LogP contribution in [0.5, 0.6) is 0 Å². The van der Waals surface area contributed by atoms with Gasteiger partial charge in [0, 0.05) is 12.8 Å². The number of ketones is 2. The van der Waals surface area contributed by atoms with E-state index < -0.39 is 0 Å². The molecule has 0 saturated heterocycles. The molecule has 0 amide bonds. The van der Waals surface area contributed by atoms with Gasteiger partial charge in [-0.1, -0.05) is 37.1 Å². The lowest BCUT2D eigenvalue weighted by molar-refractivity contribution is -0.115. The van der Waals surface area contributed by atoms with Crippen LogP contribution in [0.25, 0.3) is 0 Å². The molecule has 0 unspecified atom stereocenters. The summed E-state index contributed by atoms with van der Waals surface area (Å²) in [5.41, 5.74) is 3.31. The van der Waals surface area contributed by atoms with Crippen LogP contribution in [-0.2, 0) is 9.59 Å². The van der Waals surface area contributed by atoms with Crippen LogP contribution in [0.3, 0.4) is 0 Å². The van der Waals surface area contributed by atoms with Gasteiger partial charge in [-0.05, 0) is 62.5 Å². The minimum Gasteiger partial charge on any atom is -0.295 e. The first-order chi connectivity index (χ1) is 10.2. The average Bonchev–Trinajstić information content (AvgIpc) is 2.92. The molecular formula is C20H28O2. The summed E-state index contributed by atoms with van der Waals surface area (Å²) < 4.78 is 0. The van der Waals surface area contributed by atoms with E-state index in [2.05, 4.69) is 26.8 Å². The lowest BCUT2D eigenvalue weighted by Crippen LogP contribution is -2.01. The number of Topliss-reactive ketones (excluding diaryl/α,β-unsaturated/α-hetero) is 1. The topological polar surface area (TPSA) is 34.1 Å². The van der Waals surface area contributed by atoms with E-state index in [1.165, 1.54) is 5.57 Å². The molecule has 2 atom stereocenters. The van der Waals surface area contributed by atoms with Crippen molar-refractivity contribution in [2.24, 2.45) is 17.3 Å². The zero-order valence-electron chi connectivity index (χ0n) is 14.5. The van der Waals surface area contributed by atoms with Crippen LogP contribution in [0.1, 0.15) is 60.3 Å². The van der Waals surface area contributed by atoms with Crippen molar-refractivity contribution in [2.45, 2.75) is 60.3 Å². The molecule has 0 bridgehead atoms. The largest absolute Gasteiger partial charge is 0.295 e. The molecule has 22 heavy (non-hydrogen) atoms. The highest BCUT2D eigenvalue weighted by Crippen LogP contribution is 2.61. The smallest absolute Gasteiger partial charge is 0.162 e. The molecule has 2 heteroatoms. The van der Waals surface area contributed by atoms with Gasteiger partial charge in [0.25, 0.3) is 0 Å². The Bertz CT molecular complexity index is 573. The van der Waals surface area contributed by atoms with Crippen molar-refractivity contribution in [3.8, 4) is 0 Å². The molecule has 1 fully saturated rings. The molecule has 2 rings (SSSR count). The van der Waals surface area contributed by atoms with Crippen LogP contribution in [0.4, 0.5) is 0 Å². The molecule has 0 N–H and O–H groups in total. The van der Waals surface area contributed by atoms with Crippen molar-refractivity contribution >= 4 is 11.6 Å². The van der Waals surface area contributed by atoms with Crippen molar-refractivity contribution in [3.05, 3.63) is 34.9 Å². The van der Waals surface area contributed by atoms with Gasteiger partial charge < -0.3 is 0 Å². The second-order valence-corrected chi connectivity index (χ2v) is 7.65. The average molecular weight is 300 g/mol. The van der Waals surface area contributed by atoms with Crippen LogP contribution in [0.15, 0.2) is 34.9 Å². The molecule has 0 radical (unpaired) electrons. The van der Waals surface area contributed by atoms with E-state index in [-0.39, 0.29) is 17.0 Å². The number of carbonyl (C=O) groups excluding carboxylic acids is 2. The van der Waals surface area contributed by atoms with Crippen molar-refractivity contribution in [3.63, 3.8) is 0 Å². The van der Waals surface area contributed by atoms with Crippen LogP contribution in [0, 0.1) is 17.3 Å². The number of fused-ring (bicyclic) bond motifs is 1. The number of rotatable bonds is 0. The summed E-state index contributed by atoms with van der Waals surface area (Å²) in [6, 6.07) is 0. The van der Waals surface area contributed by atoms with E-state index in [0.717, 1.165) is 24.0 Å². The van der Waals surface area contributed by atoms with E-state index in [1.54, 1.807) is 6.08 Å². The normalized spacial score (nSPS) is 29.8. The second kappa shape index (κ2) is 6.36. The summed E-state index contributed by atoms with van der Waals surface area (Å²) in [4.78, 5) is 24.3. The highest BCUT2D eigenvalue weighted by Gasteiger charge is 2.55. The zero-order chi connectivity index (χ0) is 16.5. The molecule has 2 aliphatic rings. The first-order valence-corrected chi connectivity index (χ1v) is 8.29. The van der Waals surface area contributed by atoms with Gasteiger partial charge in [-0.2, -0.15) is 0 Å². The molecule has 0 aromatic heterocycles. The third-order valence-corrected chi connectivity index (χ3v) is 5.35. The summed E-state index contributed by atoms with van der Waals surface area (Å²) >= 11 is 0. The molecule has 1 saturated carbocycles. The fraction of sp³-hybridized carbons (Fsp3) is 0.600. The Morgan fingerprint density at radius 1 is 1.09 bits per heavy atom. The fourth-order valence-corrected chi connectivity index (χ4v) is 3.59. The maximum atomic E-state index is 12.2. The molecule has 0 heterocycles. The molecular weight excluding hydrogens is 272 g/mol. The SMILES string of the molecule is CC1=CC(=O)CC(C)=CCC(=O)C(C)=C[C@H]2[C@@H](CC1)C2(C)C. The van der Waals surface area contributed by atoms with Crippen molar-refractivity contribution < 1.29 is 9.59 Å². The zero-order valence-corrected chi connectivity index (χ0v) is 14.5. The first-order valence-electron chi connectivity index (χ1n) is 8.29. The van der Waals surface area contributed by atoms with Gasteiger partial charge in [0.05, 0.1) is 0 Å². The van der Waals surface area contributed by atoms with Gasteiger partial charge in [-0.15, -0.1) is 0 Å². The van der Waals surface area contributed by atoms with E-state index in [1.807, 2.05) is 19.9 Å². The predicted octanol–water partition coefficient (Wildman–Crippen LogP) is 4.81. The van der Waals surface area contributed by atoms with Crippen LogP contribution in [-0.4, -0.2) is 11.6 Å². The molecule has 0 aromatic rings. The number of hydrogen-bond acceptors (Lipinski definition) is 2. The Labute approximate surface area is 134 Å². The second-order valence-electron chi connectivity index (χ2n) is 7.65. The molecule has 0 aromatic carbocycles. The van der Waals surface area contributed by atoms with E-state index >= 15 is 0 Å². The van der Waals surface area contributed by atoms with Crippen LogP contribution >= 0.6 is 0 Å². The Morgan fingerprint density at radius 2 is 1.77 bits per heavy atom. The maximum absolute atomic E-state index is 12.2. The number of carbonyl (C=O) groups is 2. The molecule has 2 nitrogen and oxygen atoms in total. The Kier molecular flexibility index (Phi) is 4.89. The summed E-state index contributed by atoms with van der Waals surface area (Å²) in [5, 5.41) is 0. The van der Waals surface area contributed by atoms with Crippen LogP contribution in [0.2, 0.25) is 0 Å². The number of hydrogen-bond donors (Lipinski definition) is 0. The van der Waals surface area contributed by atoms with Crippen LogP contribution < -0.4 is 0 Å². The summed E-state index contributed by atoms with van der Waals surface area (Å²) in [6.07, 6.45) is 8.78. The van der Waals surface area contributed by atoms with Gasteiger partial charge >= 0.3 is 0 Å². The fourth-order valence-electron chi connectivity index (χ4n) is 3.59. The Hall–Kier alpha value is -1.44. The molecule has 120 valence electrons. The van der Waals surface area contributed by atoms with E-state index in [9.17, 15) is 9.59 Å². The third-order valence-electron chi connectivity index (χ3n) is 5.35. The van der Waals surface area contributed by atoms with Crippen molar-refractivity contribution in [1.29, 1.82) is 0 Å². The molecule has 2 aliphatic carbocycles. The van der Waals surface area contributed by atoms with Gasteiger partial charge in [-0.25, -0.2) is 0 Å². The monoisotopic (exact) mass is 300 g/mol. The quantitative estimate of drug-likeness (QED) is 0.602. The van der Waals surface area contributed by atoms with Crippen molar-refractivity contribution in [1.82, 2.24) is 0 Å². The lowest BCUT2D eigenvalue weighted by Gasteiger charge is -2.04. The summed E-state index contributed by atoms with van der Waals surface area (Å²) in [5.74, 6) is 1.44. The van der Waals surface area contributed by atoms with Gasteiger partial charge in [-0.3, -0.25) is 9.59 Å². The molecule has 0 aliphatic heterocycles. The Balaban J connectivity index is 2.25. The standard InChI is InChI=1S/C20H28O2/c1-13-6-8-17-18(20(17,4)5)12-15(3)19(22)9-7-14(2)11-16(21)10-13/h7,10,12,17-18H,6,8-9,11H2,1-5H3/t17-,18+/m1/s1. The van der Waals surface area contributed by atoms with E-state index in [4.69, 9.17) is 0 Å². The van der Waals surface area contributed by atoms with E-state index in [0.29, 0.717) is 24.7 Å². The number of allylic oxidation sites excluding steroid dienone is 6. The van der Waals surface area contributed by atoms with Gasteiger partial charge in [0.15, 0.2) is 11.6 Å². The first kappa shape index (κ1) is 16.9. The summed E-state index contributed by atoms with van der Waals surface area (Å²) in [6.45, 7) is 10.5. The van der Waals surface area contributed by atoms with Crippen molar-refractivity contribution in [2.75, 3.05) is 0 Å². The van der Waals surface area contributed by atoms with Gasteiger partial charge in [0.1, 0.15) is 0 Å². The Morgan fingerprint density at radius 3 is 2.45 bits per heavy atom. The minimum atomic E-state index is 0.148. The lowest BCUT2D eigenvalue weighted by atomic mass is 10.0. The summed E-state index contributed by atoms with van der Waals surface area (Å²) in [7, 11) is 0. The highest BCUT2D eigenvalue weighted by molar-refractivity contribution is 5.96. The molecule has 0 spiro atoms.